The maximum atomic E-state index is 7.42. The minimum Gasteiger partial charge on any atom is -0.493 e. The number of nitrogens with one attached hydrogen (secondary N) is 2. The second-order valence-corrected chi connectivity index (χ2v) is 7.36. The summed E-state index contributed by atoms with van der Waals surface area (Å²) in [5.41, 5.74) is 9.43. The van der Waals surface area contributed by atoms with E-state index < -0.39 is 0 Å². The Balaban J connectivity index is 1.49. The molecule has 1 heterocycles. The summed E-state index contributed by atoms with van der Waals surface area (Å²) < 4.78 is 17.2. The van der Waals surface area contributed by atoms with Crippen molar-refractivity contribution in [2.45, 2.75) is 6.61 Å². The molecule has 8 heteroatoms. The number of nitrogens with zero attached hydrogens (tertiary/aromatic N) is 1. The van der Waals surface area contributed by atoms with Gasteiger partial charge in [-0.15, -0.1) is 0 Å². The van der Waals surface area contributed by atoms with Gasteiger partial charge in [0.05, 0.1) is 13.3 Å². The van der Waals surface area contributed by atoms with Gasteiger partial charge in [-0.05, 0) is 54.1 Å². The summed E-state index contributed by atoms with van der Waals surface area (Å²) in [4.78, 5) is 4.28. The Labute approximate surface area is 190 Å². The first-order valence-electron chi connectivity index (χ1n) is 9.74. The molecule has 0 amide bonds. The molecule has 32 heavy (non-hydrogen) atoms. The molecule has 0 bridgehead atoms. The van der Waals surface area contributed by atoms with Crippen LogP contribution in [0.3, 0.4) is 0 Å². The molecule has 3 aromatic carbocycles. The minimum absolute atomic E-state index is 0.320. The van der Waals surface area contributed by atoms with E-state index in [0.29, 0.717) is 51.8 Å². The summed E-state index contributed by atoms with van der Waals surface area (Å²) in [5.74, 6) is 1.75. The van der Waals surface area contributed by atoms with Crippen LogP contribution in [0.25, 0.3) is 11.3 Å². The molecule has 0 saturated heterocycles. The fraction of sp³-hybridized carbons (Fsp3) is 0.0833. The fourth-order valence-corrected chi connectivity index (χ4v) is 3.31. The topological polar surface area (TPSA) is 106 Å². The zero-order valence-corrected chi connectivity index (χ0v) is 18.0. The second-order valence-electron chi connectivity index (χ2n) is 6.93. The first-order chi connectivity index (χ1) is 15.6. The van der Waals surface area contributed by atoms with Gasteiger partial charge < -0.3 is 30.4 Å². The lowest BCUT2D eigenvalue weighted by atomic mass is 10.1. The van der Waals surface area contributed by atoms with Crippen molar-refractivity contribution >= 4 is 35.2 Å². The van der Waals surface area contributed by atoms with Crippen molar-refractivity contribution in [3.8, 4) is 22.8 Å². The standard InChI is InChI=1S/C24H21ClN4O3/c1-30-22-11-16(5-8-21(22)31-14-15-3-2-4-18(25)9-15)23-13-28-24(32-23)29-19-6-7-20(27)17(10-19)12-26/h2-13,26H,14,27H2,1H3,(H,28,29). The first-order valence-corrected chi connectivity index (χ1v) is 10.1. The number of halogens is 1. The van der Waals surface area contributed by atoms with Crippen LogP contribution in [-0.4, -0.2) is 18.3 Å². The van der Waals surface area contributed by atoms with E-state index >= 15 is 0 Å². The van der Waals surface area contributed by atoms with Crippen molar-refractivity contribution in [1.82, 2.24) is 4.98 Å². The molecule has 0 aliphatic carbocycles. The van der Waals surface area contributed by atoms with E-state index in [2.05, 4.69) is 10.3 Å². The molecule has 0 fully saturated rings. The van der Waals surface area contributed by atoms with Gasteiger partial charge in [-0.2, -0.15) is 0 Å². The monoisotopic (exact) mass is 448 g/mol. The molecule has 0 atom stereocenters. The summed E-state index contributed by atoms with van der Waals surface area (Å²) in [7, 11) is 1.58. The Bertz CT molecular complexity index is 1260. The highest BCUT2D eigenvalue weighted by atomic mass is 35.5. The average molecular weight is 449 g/mol. The number of nitrogens with two attached hydrogens (primary N) is 1. The van der Waals surface area contributed by atoms with E-state index in [-0.39, 0.29) is 0 Å². The molecule has 4 aromatic rings. The van der Waals surface area contributed by atoms with Gasteiger partial charge in [0, 0.05) is 33.7 Å². The van der Waals surface area contributed by atoms with Crippen molar-refractivity contribution in [3.63, 3.8) is 0 Å². The quantitative estimate of drug-likeness (QED) is 0.228. The molecule has 0 radical (unpaired) electrons. The number of benzene rings is 3. The molecule has 4 N–H and O–H groups in total. The molecular formula is C24H21ClN4O3. The van der Waals surface area contributed by atoms with E-state index in [0.717, 1.165) is 11.1 Å². The summed E-state index contributed by atoms with van der Waals surface area (Å²) in [6, 6.07) is 18.6. The number of oxazole rings is 1. The lowest BCUT2D eigenvalue weighted by molar-refractivity contribution is 0.284. The minimum atomic E-state index is 0.320. The summed E-state index contributed by atoms with van der Waals surface area (Å²) in [6.45, 7) is 0.367. The highest BCUT2D eigenvalue weighted by molar-refractivity contribution is 6.30. The van der Waals surface area contributed by atoms with Crippen LogP contribution >= 0.6 is 11.6 Å². The van der Waals surface area contributed by atoms with Crippen LogP contribution in [0.2, 0.25) is 5.02 Å². The lowest BCUT2D eigenvalue weighted by Gasteiger charge is -2.12. The number of rotatable bonds is 8. The van der Waals surface area contributed by atoms with E-state index in [1.807, 2.05) is 42.5 Å². The summed E-state index contributed by atoms with van der Waals surface area (Å²) in [6.07, 6.45) is 2.82. The summed E-state index contributed by atoms with van der Waals surface area (Å²) in [5, 5.41) is 11.2. The normalized spacial score (nSPS) is 10.6. The maximum Gasteiger partial charge on any atom is 0.299 e. The van der Waals surface area contributed by atoms with Gasteiger partial charge in [-0.1, -0.05) is 23.7 Å². The third-order valence-corrected chi connectivity index (χ3v) is 4.97. The van der Waals surface area contributed by atoms with Gasteiger partial charge in [0.1, 0.15) is 6.61 Å². The Morgan fingerprint density at radius 3 is 2.78 bits per heavy atom. The smallest absolute Gasteiger partial charge is 0.299 e. The number of hydrogen-bond donors (Lipinski definition) is 3. The Morgan fingerprint density at radius 1 is 1.12 bits per heavy atom. The number of anilines is 3. The molecule has 0 aliphatic rings. The Kier molecular flexibility index (Phi) is 6.28. The predicted molar refractivity (Wildman–Crippen MR) is 126 cm³/mol. The number of aromatic nitrogens is 1. The maximum absolute atomic E-state index is 7.42. The molecule has 162 valence electrons. The van der Waals surface area contributed by atoms with E-state index in [1.165, 1.54) is 6.21 Å². The van der Waals surface area contributed by atoms with Crippen LogP contribution in [-0.2, 0) is 6.61 Å². The molecule has 1 aromatic heterocycles. The van der Waals surface area contributed by atoms with Gasteiger partial charge in [0.2, 0.25) is 0 Å². The van der Waals surface area contributed by atoms with E-state index in [9.17, 15) is 0 Å². The van der Waals surface area contributed by atoms with E-state index in [1.54, 1.807) is 31.5 Å². The van der Waals surface area contributed by atoms with Crippen LogP contribution in [0, 0.1) is 5.41 Å². The Morgan fingerprint density at radius 2 is 2.00 bits per heavy atom. The third kappa shape index (κ3) is 4.84. The van der Waals surface area contributed by atoms with Crippen molar-refractivity contribution in [2.24, 2.45) is 0 Å². The highest BCUT2D eigenvalue weighted by Crippen LogP contribution is 2.34. The first kappa shape index (κ1) is 21.3. The van der Waals surface area contributed by atoms with Crippen molar-refractivity contribution in [1.29, 1.82) is 5.41 Å². The number of nitrogen functional groups attached to an aromatic ring is 1. The SMILES string of the molecule is COc1cc(-c2cnc(Nc3ccc(N)c(C=N)c3)o2)ccc1OCc1cccc(Cl)c1. The van der Waals surface area contributed by atoms with Gasteiger partial charge in [0.25, 0.3) is 6.01 Å². The fourth-order valence-electron chi connectivity index (χ4n) is 3.09. The predicted octanol–water partition coefficient (Wildman–Crippen LogP) is 5.91. The average Bonchev–Trinajstić information content (AvgIpc) is 3.27. The zero-order valence-electron chi connectivity index (χ0n) is 17.3. The van der Waals surface area contributed by atoms with Crippen LogP contribution in [0.1, 0.15) is 11.1 Å². The van der Waals surface area contributed by atoms with Gasteiger partial charge in [-0.25, -0.2) is 4.98 Å². The van der Waals surface area contributed by atoms with Crippen LogP contribution in [0.15, 0.2) is 71.3 Å². The number of hydrogen-bond acceptors (Lipinski definition) is 7. The van der Waals surface area contributed by atoms with Gasteiger partial charge in [-0.3, -0.25) is 0 Å². The molecule has 0 aliphatic heterocycles. The Hall–Kier alpha value is -3.97. The molecule has 0 unspecified atom stereocenters. The number of methoxy groups -OCH3 is 1. The molecule has 7 nitrogen and oxygen atoms in total. The summed E-state index contributed by atoms with van der Waals surface area (Å²) >= 11 is 6.03. The lowest BCUT2D eigenvalue weighted by Crippen LogP contribution is -1.98. The molecule has 0 spiro atoms. The highest BCUT2D eigenvalue weighted by Gasteiger charge is 2.12. The van der Waals surface area contributed by atoms with E-state index in [4.69, 9.17) is 36.6 Å². The van der Waals surface area contributed by atoms with Gasteiger partial charge >= 0.3 is 0 Å². The third-order valence-electron chi connectivity index (χ3n) is 4.73. The van der Waals surface area contributed by atoms with Crippen molar-refractivity contribution < 1.29 is 13.9 Å². The molecular weight excluding hydrogens is 428 g/mol. The van der Waals surface area contributed by atoms with Crippen LogP contribution in [0.5, 0.6) is 11.5 Å². The van der Waals surface area contributed by atoms with Crippen molar-refractivity contribution in [3.05, 3.63) is 83.0 Å². The molecule has 0 saturated carbocycles. The van der Waals surface area contributed by atoms with Crippen molar-refractivity contribution in [2.75, 3.05) is 18.2 Å². The van der Waals surface area contributed by atoms with Crippen LogP contribution in [0.4, 0.5) is 17.4 Å². The zero-order chi connectivity index (χ0) is 22.5. The van der Waals surface area contributed by atoms with Crippen LogP contribution < -0.4 is 20.5 Å². The largest absolute Gasteiger partial charge is 0.493 e. The number of ether oxygens (including phenoxy) is 2. The molecule has 4 rings (SSSR count). The second kappa shape index (κ2) is 9.45. The van der Waals surface area contributed by atoms with Gasteiger partial charge in [0.15, 0.2) is 17.3 Å².